The quantitative estimate of drug-likeness (QED) is 0.461. The molecule has 12 heavy (non-hydrogen) atoms. The van der Waals surface area contributed by atoms with Gasteiger partial charge in [0.25, 0.3) is 0 Å². The van der Waals surface area contributed by atoms with Crippen LogP contribution in [0.15, 0.2) is 0 Å². The molecule has 2 atom stereocenters. The van der Waals surface area contributed by atoms with Crippen LogP contribution in [0.3, 0.4) is 0 Å². The monoisotopic (exact) mass is 226 g/mol. The molecule has 0 aromatic heterocycles. The van der Waals surface area contributed by atoms with Crippen molar-refractivity contribution in [3.63, 3.8) is 0 Å². The van der Waals surface area contributed by atoms with Crippen LogP contribution in [0.25, 0.3) is 0 Å². The Hall–Kier alpha value is 2.13. The van der Waals surface area contributed by atoms with Gasteiger partial charge in [0.1, 0.15) is 12.2 Å². The topological polar surface area (TPSA) is 121 Å². The third kappa shape index (κ3) is 7.53. The van der Waals surface area contributed by atoms with Crippen LogP contribution < -0.4 is 113 Å². The molecule has 2 N–H and O–H groups in total. The minimum atomic E-state index is -2.44. The predicted molar refractivity (Wildman–Crippen MR) is 22.0 cm³/mol. The van der Waals surface area contributed by atoms with Gasteiger partial charge in [-0.2, -0.15) is 0 Å². The first kappa shape index (κ1) is 19.7. The van der Waals surface area contributed by atoms with Gasteiger partial charge < -0.3 is 30.0 Å². The zero-order chi connectivity index (χ0) is 8.31. The van der Waals surface area contributed by atoms with Gasteiger partial charge >= 0.3 is 103 Å². The molecular weight excluding hydrogens is 222 g/mol. The van der Waals surface area contributed by atoms with E-state index >= 15 is 0 Å². The number of aliphatic hydroxyl groups is 2. The van der Waals surface area contributed by atoms with E-state index in [1.54, 1.807) is 0 Å². The number of carbonyl (C=O) groups is 2. The molecule has 0 aliphatic rings. The number of hydrogen-bond donors (Lipinski definition) is 2. The van der Waals surface area contributed by atoms with E-state index in [1.165, 1.54) is 0 Å². The average Bonchev–Trinajstić information content (AvgIpc) is 1.84. The summed E-state index contributed by atoms with van der Waals surface area (Å²) in [5.74, 6) is -4.12. The average molecular weight is 226 g/mol. The van der Waals surface area contributed by atoms with Crippen molar-refractivity contribution < 1.29 is 133 Å². The summed E-state index contributed by atoms with van der Waals surface area (Å²) >= 11 is 0. The van der Waals surface area contributed by atoms with E-state index in [0.717, 1.165) is 0 Å². The Balaban J connectivity index is -0.000000405. The smallest absolute Gasteiger partial charge is 0.547 e. The molecule has 0 bridgehead atoms. The molecule has 0 aliphatic carbocycles. The maximum atomic E-state index is 9.63. The Labute approximate surface area is 153 Å². The number of rotatable bonds is 3. The van der Waals surface area contributed by atoms with Crippen molar-refractivity contribution in [2.45, 2.75) is 12.2 Å². The molecule has 0 fully saturated rings. The number of hydrogen-bond acceptors (Lipinski definition) is 6. The van der Waals surface area contributed by atoms with E-state index in [4.69, 9.17) is 10.2 Å². The van der Waals surface area contributed by atoms with Crippen molar-refractivity contribution in [1.29, 1.82) is 0 Å². The minimum absolute atomic E-state index is 0. The maximum absolute atomic E-state index is 9.63. The van der Waals surface area contributed by atoms with E-state index in [9.17, 15) is 19.8 Å². The van der Waals surface area contributed by atoms with Crippen molar-refractivity contribution in [1.82, 2.24) is 0 Å². The summed E-state index contributed by atoms with van der Waals surface area (Å²) < 4.78 is 0. The largest absolute Gasteiger partial charge is 1.00 e. The van der Waals surface area contributed by atoms with Crippen LogP contribution in [0.2, 0.25) is 0 Å². The Morgan fingerprint density at radius 3 is 1.17 bits per heavy atom. The fourth-order valence-corrected chi connectivity index (χ4v) is 0.258. The summed E-state index contributed by atoms with van der Waals surface area (Å²) in [6.07, 6.45) is -4.88. The molecule has 0 saturated carbocycles. The van der Waals surface area contributed by atoms with Crippen molar-refractivity contribution in [3.8, 4) is 0 Å². The van der Waals surface area contributed by atoms with Gasteiger partial charge in [-0.05, 0) is 0 Å². The summed E-state index contributed by atoms with van der Waals surface area (Å²) in [7, 11) is 0. The van der Waals surface area contributed by atoms with Crippen LogP contribution >= 0.6 is 0 Å². The molecule has 0 rings (SSSR count). The third-order valence-corrected chi connectivity index (χ3v) is 0.782. The summed E-state index contributed by atoms with van der Waals surface area (Å²) in [4.78, 5) is 19.3. The minimum Gasteiger partial charge on any atom is -0.547 e. The van der Waals surface area contributed by atoms with Crippen LogP contribution in [-0.2, 0) is 9.59 Å². The van der Waals surface area contributed by atoms with E-state index < -0.39 is 24.1 Å². The van der Waals surface area contributed by atoms with Crippen LogP contribution in [0.4, 0.5) is 0 Å². The Bertz CT molecular complexity index is 142. The second-order valence-corrected chi connectivity index (χ2v) is 1.53. The molecule has 0 radical (unpaired) electrons. The molecular formula is C4H4K2O6. The molecule has 0 heterocycles. The zero-order valence-electron chi connectivity index (χ0n) is 6.68. The molecule has 2 unspecified atom stereocenters. The molecule has 0 aliphatic heterocycles. The number of carboxylic acids is 2. The fourth-order valence-electron chi connectivity index (χ4n) is 0.258. The normalized spacial score (nSPS) is 13.2. The van der Waals surface area contributed by atoms with Crippen LogP contribution in [0.1, 0.15) is 0 Å². The van der Waals surface area contributed by atoms with E-state index in [-0.39, 0.29) is 103 Å². The molecule has 8 heteroatoms. The zero-order valence-corrected chi connectivity index (χ0v) is 12.9. The summed E-state index contributed by atoms with van der Waals surface area (Å²) in [6.45, 7) is 0. The van der Waals surface area contributed by atoms with E-state index in [1.807, 2.05) is 0 Å². The van der Waals surface area contributed by atoms with Gasteiger partial charge in [0, 0.05) is 0 Å². The molecule has 0 aromatic carbocycles. The van der Waals surface area contributed by atoms with Crippen molar-refractivity contribution in [3.05, 3.63) is 0 Å². The first-order valence-corrected chi connectivity index (χ1v) is 2.24. The molecule has 0 amide bonds. The summed E-state index contributed by atoms with van der Waals surface area (Å²) in [5.41, 5.74) is 0. The second kappa shape index (κ2) is 9.68. The van der Waals surface area contributed by atoms with Gasteiger partial charge in [0.05, 0.1) is 11.9 Å². The van der Waals surface area contributed by atoms with Crippen LogP contribution in [0, 0.1) is 0 Å². The van der Waals surface area contributed by atoms with Crippen LogP contribution in [-0.4, -0.2) is 34.4 Å². The van der Waals surface area contributed by atoms with E-state index in [0.29, 0.717) is 0 Å². The van der Waals surface area contributed by atoms with Crippen molar-refractivity contribution >= 4 is 11.9 Å². The number of aliphatic hydroxyl groups excluding tert-OH is 2. The fraction of sp³-hybridized carbons (Fsp3) is 0.500. The Morgan fingerprint density at radius 2 is 1.08 bits per heavy atom. The molecule has 0 aromatic rings. The first-order valence-electron chi connectivity index (χ1n) is 2.24. The molecule has 58 valence electrons. The van der Waals surface area contributed by atoms with Gasteiger partial charge in [-0.15, -0.1) is 0 Å². The Kier molecular flexibility index (Phi) is 15.9. The van der Waals surface area contributed by atoms with Crippen molar-refractivity contribution in [2.75, 3.05) is 0 Å². The summed E-state index contributed by atoms with van der Waals surface area (Å²) in [6, 6.07) is 0. The number of carbonyl (C=O) groups excluding carboxylic acids is 2. The van der Waals surface area contributed by atoms with E-state index in [2.05, 4.69) is 0 Å². The predicted octanol–water partition coefficient (Wildman–Crippen LogP) is -10.8. The van der Waals surface area contributed by atoms with Crippen LogP contribution in [0.5, 0.6) is 0 Å². The van der Waals surface area contributed by atoms with Gasteiger partial charge in [-0.3, -0.25) is 0 Å². The Morgan fingerprint density at radius 1 is 0.917 bits per heavy atom. The number of aliphatic carboxylic acids is 2. The van der Waals surface area contributed by atoms with Gasteiger partial charge in [0.15, 0.2) is 0 Å². The summed E-state index contributed by atoms with van der Waals surface area (Å²) in [5, 5.41) is 35.7. The first-order chi connectivity index (χ1) is 4.46. The van der Waals surface area contributed by atoms with Crippen molar-refractivity contribution in [2.24, 2.45) is 0 Å². The molecule has 6 nitrogen and oxygen atoms in total. The maximum Gasteiger partial charge on any atom is 1.00 e. The SMILES string of the molecule is O=C([O-])C(O)C(O)C(=O)[O-].[K+].[K+]. The molecule has 0 saturated heterocycles. The third-order valence-electron chi connectivity index (χ3n) is 0.782. The molecule has 0 spiro atoms. The van der Waals surface area contributed by atoms with Gasteiger partial charge in [0.2, 0.25) is 0 Å². The van der Waals surface area contributed by atoms with Gasteiger partial charge in [-0.1, -0.05) is 0 Å². The number of carboxylic acid groups (broad SMARTS) is 2. The second-order valence-electron chi connectivity index (χ2n) is 1.53. The standard InChI is InChI=1S/C4H6O6.2K/c5-1(3(7)8)2(6)4(9)10;;/h1-2,5-6H,(H,7,8)(H,9,10);;/q;2*+1/p-2. The van der Waals surface area contributed by atoms with Gasteiger partial charge in [-0.25, -0.2) is 0 Å².